The minimum atomic E-state index is -4.52. The molecule has 5 aliphatic rings. The average Bonchev–Trinajstić information content (AvgIpc) is 3.45. The number of aromatic nitrogens is 2. The van der Waals surface area contributed by atoms with Crippen LogP contribution in [0.25, 0.3) is 5.52 Å². The summed E-state index contributed by atoms with van der Waals surface area (Å²) < 4.78 is 46.0. The molecule has 0 amide bonds. The van der Waals surface area contributed by atoms with Crippen molar-refractivity contribution in [1.82, 2.24) is 29.6 Å². The summed E-state index contributed by atoms with van der Waals surface area (Å²) in [4.78, 5) is 18.4. The van der Waals surface area contributed by atoms with E-state index in [1.807, 2.05) is 0 Å². The lowest BCUT2D eigenvalue weighted by molar-refractivity contribution is -0.175. The van der Waals surface area contributed by atoms with Crippen LogP contribution in [0.2, 0.25) is 0 Å². The molecule has 3 aliphatic carbocycles. The molecule has 5 fully saturated rings. The van der Waals surface area contributed by atoms with Gasteiger partial charge in [-0.1, -0.05) is 19.8 Å². The highest BCUT2D eigenvalue weighted by molar-refractivity contribution is 5.56. The largest absolute Gasteiger partial charge is 0.418 e. The van der Waals surface area contributed by atoms with E-state index in [-0.39, 0.29) is 28.8 Å². The number of nitrogens with one attached hydrogen (secondary N) is 2. The Kier molecular flexibility index (Phi) is 6.88. The predicted molar refractivity (Wildman–Crippen MR) is 152 cm³/mol. The molecular weight excluding hydrogens is 529 g/mol. The van der Waals surface area contributed by atoms with Crippen LogP contribution in [0.1, 0.15) is 94.7 Å². The van der Waals surface area contributed by atoms with E-state index in [0.717, 1.165) is 58.3 Å². The number of halogens is 3. The van der Waals surface area contributed by atoms with E-state index in [0.29, 0.717) is 29.4 Å². The van der Waals surface area contributed by atoms with Crippen LogP contribution in [0.15, 0.2) is 23.3 Å². The van der Waals surface area contributed by atoms with Crippen molar-refractivity contribution >= 4 is 5.52 Å². The SMILES string of the molecule is C[C@H]1CCCN(Cc2cc(C(F)(F)F)c3cn(C4CCCC(C5(C6NNCN6C)CC6(CCC6)C5)C4)c(=O)n3c2)C1. The fourth-order valence-corrected chi connectivity index (χ4v) is 9.60. The number of pyridine rings is 1. The predicted octanol–water partition coefficient (Wildman–Crippen LogP) is 5.36. The summed E-state index contributed by atoms with van der Waals surface area (Å²) in [6.07, 6.45) is 11.3. The van der Waals surface area contributed by atoms with Crippen molar-refractivity contribution in [2.24, 2.45) is 22.7 Å². The van der Waals surface area contributed by atoms with Gasteiger partial charge in [0.05, 0.1) is 23.9 Å². The van der Waals surface area contributed by atoms with Crippen molar-refractivity contribution in [2.45, 2.75) is 102 Å². The van der Waals surface area contributed by atoms with Crippen LogP contribution in [0.3, 0.4) is 0 Å². The summed E-state index contributed by atoms with van der Waals surface area (Å²) in [5, 5.41) is 0. The van der Waals surface area contributed by atoms with Crippen LogP contribution < -0.4 is 16.5 Å². The first kappa shape index (κ1) is 27.9. The molecule has 3 unspecified atom stereocenters. The number of hydrogen-bond acceptors (Lipinski definition) is 5. The van der Waals surface area contributed by atoms with E-state index < -0.39 is 11.7 Å². The zero-order valence-corrected chi connectivity index (χ0v) is 24.5. The van der Waals surface area contributed by atoms with E-state index in [4.69, 9.17) is 0 Å². The number of piperidine rings is 1. The van der Waals surface area contributed by atoms with Gasteiger partial charge in [-0.15, -0.1) is 0 Å². The molecule has 7 nitrogen and oxygen atoms in total. The molecule has 10 heteroatoms. The average molecular weight is 575 g/mol. The third kappa shape index (κ3) is 4.77. The Hall–Kier alpha value is -1.88. The zero-order valence-electron chi connectivity index (χ0n) is 24.5. The van der Waals surface area contributed by atoms with Gasteiger partial charge in [-0.3, -0.25) is 18.8 Å². The third-order valence-electron chi connectivity index (χ3n) is 11.5. The molecule has 3 saturated carbocycles. The van der Waals surface area contributed by atoms with Gasteiger partial charge in [0.2, 0.25) is 0 Å². The fraction of sp³-hybridized carbons (Fsp3) is 0.774. The van der Waals surface area contributed by atoms with Crippen LogP contribution in [0.4, 0.5) is 13.2 Å². The molecule has 0 aromatic carbocycles. The van der Waals surface area contributed by atoms with Gasteiger partial charge in [-0.25, -0.2) is 15.6 Å². The maximum absolute atomic E-state index is 14.4. The van der Waals surface area contributed by atoms with Crippen LogP contribution >= 0.6 is 0 Å². The number of rotatable bonds is 5. The monoisotopic (exact) mass is 574 g/mol. The topological polar surface area (TPSA) is 57.0 Å². The van der Waals surface area contributed by atoms with E-state index in [1.165, 1.54) is 48.8 Å². The molecule has 2 aromatic rings. The molecule has 2 N–H and O–H groups in total. The summed E-state index contributed by atoms with van der Waals surface area (Å²) in [7, 11) is 2.16. The van der Waals surface area contributed by atoms with Crippen LogP contribution in [0, 0.1) is 22.7 Å². The Morgan fingerprint density at radius 3 is 2.54 bits per heavy atom. The summed E-state index contributed by atoms with van der Waals surface area (Å²) >= 11 is 0. The molecule has 0 bridgehead atoms. The molecular formula is C31H45F3N6O. The van der Waals surface area contributed by atoms with Crippen molar-refractivity contribution in [1.29, 1.82) is 0 Å². The van der Waals surface area contributed by atoms with Crippen LogP contribution in [-0.2, 0) is 12.7 Å². The van der Waals surface area contributed by atoms with Gasteiger partial charge in [0.25, 0.3) is 0 Å². The molecule has 0 radical (unpaired) electrons. The maximum atomic E-state index is 14.4. The first-order chi connectivity index (χ1) is 19.6. The lowest BCUT2D eigenvalue weighted by atomic mass is 9.40. The third-order valence-corrected chi connectivity index (χ3v) is 11.5. The van der Waals surface area contributed by atoms with E-state index in [2.05, 4.69) is 34.6 Å². The molecule has 4 heterocycles. The van der Waals surface area contributed by atoms with Crippen LogP contribution in [-0.4, -0.2) is 51.7 Å². The summed E-state index contributed by atoms with van der Waals surface area (Å²) in [5.41, 5.74) is 7.02. The van der Waals surface area contributed by atoms with Crippen molar-refractivity contribution in [3.05, 3.63) is 40.1 Å². The first-order valence-corrected chi connectivity index (χ1v) is 15.8. The molecule has 2 saturated heterocycles. The van der Waals surface area contributed by atoms with Crippen molar-refractivity contribution in [3.63, 3.8) is 0 Å². The minimum absolute atomic E-state index is 0.0199. The number of nitrogens with zero attached hydrogens (tertiary/aromatic N) is 4. The minimum Gasteiger partial charge on any atom is -0.299 e. The van der Waals surface area contributed by atoms with Crippen molar-refractivity contribution in [2.75, 3.05) is 26.8 Å². The van der Waals surface area contributed by atoms with E-state index in [9.17, 15) is 18.0 Å². The van der Waals surface area contributed by atoms with Gasteiger partial charge in [-0.2, -0.15) is 13.2 Å². The van der Waals surface area contributed by atoms with Gasteiger partial charge in [0.15, 0.2) is 0 Å². The summed E-state index contributed by atoms with van der Waals surface area (Å²) in [5.74, 6) is 0.965. The van der Waals surface area contributed by atoms with E-state index >= 15 is 0 Å². The Morgan fingerprint density at radius 1 is 1.07 bits per heavy atom. The second-order valence-electron chi connectivity index (χ2n) is 14.4. The highest BCUT2D eigenvalue weighted by Crippen LogP contribution is 2.70. The fourth-order valence-electron chi connectivity index (χ4n) is 9.60. The Morgan fingerprint density at radius 2 is 1.88 bits per heavy atom. The Bertz CT molecular complexity index is 1340. The molecule has 226 valence electrons. The highest BCUT2D eigenvalue weighted by Gasteiger charge is 2.64. The molecule has 4 atom stereocenters. The second-order valence-corrected chi connectivity index (χ2v) is 14.4. The molecule has 2 aliphatic heterocycles. The number of fused-ring (bicyclic) bond motifs is 1. The number of alkyl halides is 3. The summed E-state index contributed by atoms with van der Waals surface area (Å²) in [6, 6.07) is 1.20. The quantitative estimate of drug-likeness (QED) is 0.504. The highest BCUT2D eigenvalue weighted by atomic mass is 19.4. The standard InChI is InChI=1S/C31H45F3N6O/c1-21-6-4-11-38(14-21)15-22-12-25(31(32,33)34)26-17-39(28(41)40(26)16-22)24-8-3-7-23(13-24)30(27-36-35-20-37(27)2)18-29(19-30)9-5-10-29/h12,16-17,21,23-24,27,35-36H,3-11,13-15,18-20H2,1-2H3/t21-,23?,24?,27?/m0/s1. The molecule has 41 heavy (non-hydrogen) atoms. The smallest absolute Gasteiger partial charge is 0.299 e. The van der Waals surface area contributed by atoms with E-state index in [1.54, 1.807) is 10.8 Å². The lowest BCUT2D eigenvalue weighted by Gasteiger charge is -2.67. The molecule has 1 spiro atoms. The number of hydrazine groups is 1. The summed E-state index contributed by atoms with van der Waals surface area (Å²) in [6.45, 7) is 5.19. The van der Waals surface area contributed by atoms with Gasteiger partial charge in [0, 0.05) is 36.9 Å². The number of likely N-dealkylation sites (tertiary alicyclic amines) is 1. The normalized spacial score (nSPS) is 32.3. The van der Waals surface area contributed by atoms with Crippen molar-refractivity contribution in [3.8, 4) is 0 Å². The Labute approximate surface area is 240 Å². The lowest BCUT2D eigenvalue weighted by Crippen LogP contribution is -2.65. The Balaban J connectivity index is 1.20. The molecule has 2 aromatic heterocycles. The first-order valence-electron chi connectivity index (χ1n) is 15.8. The van der Waals surface area contributed by atoms with Gasteiger partial charge >= 0.3 is 11.9 Å². The maximum Gasteiger partial charge on any atom is 0.418 e. The number of hydrogen-bond donors (Lipinski definition) is 2. The molecule has 7 rings (SSSR count). The van der Waals surface area contributed by atoms with Gasteiger partial charge in [0.1, 0.15) is 0 Å². The van der Waals surface area contributed by atoms with Gasteiger partial charge < -0.3 is 0 Å². The van der Waals surface area contributed by atoms with Gasteiger partial charge in [-0.05, 0) is 100 Å². The van der Waals surface area contributed by atoms with Crippen LogP contribution in [0.5, 0.6) is 0 Å². The van der Waals surface area contributed by atoms with Crippen molar-refractivity contribution < 1.29 is 13.2 Å². The number of imidazole rings is 1. The zero-order chi connectivity index (χ0) is 28.6. The second kappa shape index (κ2) is 10.1.